The molecule has 0 aromatic carbocycles. The molecule has 1 unspecified atom stereocenters. The van der Waals surface area contributed by atoms with Crippen LogP contribution in [0.3, 0.4) is 0 Å². The van der Waals surface area contributed by atoms with E-state index < -0.39 is 0 Å². The van der Waals surface area contributed by atoms with E-state index in [4.69, 9.17) is 4.98 Å². The van der Waals surface area contributed by atoms with Crippen LogP contribution in [0.4, 0.5) is 5.13 Å². The number of hydrogen-bond donors (Lipinski definition) is 1. The highest BCUT2D eigenvalue weighted by Gasteiger charge is 2.23. The zero-order valence-electron chi connectivity index (χ0n) is 15.3. The van der Waals surface area contributed by atoms with E-state index in [1.807, 2.05) is 19.9 Å². The summed E-state index contributed by atoms with van der Waals surface area (Å²) in [6.07, 6.45) is 4.83. The van der Waals surface area contributed by atoms with Crippen molar-refractivity contribution in [2.75, 3.05) is 11.1 Å². The molecule has 1 atom stereocenters. The lowest BCUT2D eigenvalue weighted by Crippen LogP contribution is -2.25. The molecule has 0 bridgehead atoms. The number of aromatic nitrogens is 3. The number of nitrogens with zero attached hydrogens (tertiary/aromatic N) is 4. The molecule has 27 heavy (non-hydrogen) atoms. The van der Waals surface area contributed by atoms with Crippen molar-refractivity contribution >= 4 is 45.9 Å². The van der Waals surface area contributed by atoms with Gasteiger partial charge in [-0.1, -0.05) is 48.7 Å². The fourth-order valence-corrected chi connectivity index (χ4v) is 5.52. The lowest BCUT2D eigenvalue weighted by Gasteiger charge is -2.18. The van der Waals surface area contributed by atoms with Crippen LogP contribution >= 0.6 is 34.9 Å². The summed E-state index contributed by atoms with van der Waals surface area (Å²) in [5.74, 6) is 0.784. The number of nitrogens with one attached hydrogen (secondary N) is 1. The summed E-state index contributed by atoms with van der Waals surface area (Å²) in [5, 5.41) is 21.3. The molecular weight excluding hydrogens is 398 g/mol. The molecule has 2 aromatic rings. The van der Waals surface area contributed by atoms with Crippen molar-refractivity contribution in [3.63, 3.8) is 0 Å². The van der Waals surface area contributed by atoms with Gasteiger partial charge in [-0.3, -0.25) is 10.1 Å². The van der Waals surface area contributed by atoms with Gasteiger partial charge in [0.2, 0.25) is 11.0 Å². The third-order valence-corrected chi connectivity index (χ3v) is 7.43. The largest absolute Gasteiger partial charge is 0.300 e. The molecule has 3 rings (SSSR count). The van der Waals surface area contributed by atoms with E-state index in [1.54, 1.807) is 11.8 Å². The molecule has 1 aliphatic rings. The number of aryl methyl sites for hydroxylation is 2. The van der Waals surface area contributed by atoms with Crippen LogP contribution in [-0.2, 0) is 17.6 Å². The highest BCUT2D eigenvalue weighted by molar-refractivity contribution is 8.01. The fraction of sp³-hybridized carbons (Fsp3) is 0.500. The maximum absolute atomic E-state index is 12.7. The van der Waals surface area contributed by atoms with Gasteiger partial charge in [0.05, 0.1) is 10.8 Å². The number of rotatable bonds is 7. The molecule has 142 valence electrons. The lowest BCUT2D eigenvalue weighted by atomic mass is 9.95. The monoisotopic (exact) mass is 419 g/mol. The van der Waals surface area contributed by atoms with Gasteiger partial charge in [0.15, 0.2) is 4.34 Å². The zero-order chi connectivity index (χ0) is 19.2. The number of carbonyl (C=O) groups is 1. The molecule has 2 aromatic heterocycles. The summed E-state index contributed by atoms with van der Waals surface area (Å²) >= 11 is 4.34. The van der Waals surface area contributed by atoms with Crippen LogP contribution < -0.4 is 5.32 Å². The average molecular weight is 420 g/mol. The van der Waals surface area contributed by atoms with Crippen molar-refractivity contribution < 1.29 is 4.79 Å². The molecule has 0 spiro atoms. The van der Waals surface area contributed by atoms with Gasteiger partial charge in [0.1, 0.15) is 11.1 Å². The van der Waals surface area contributed by atoms with Crippen LogP contribution in [0.15, 0.2) is 15.4 Å². The van der Waals surface area contributed by atoms with E-state index in [-0.39, 0.29) is 11.2 Å². The molecule has 1 amide bonds. The average Bonchev–Trinajstić information content (AvgIpc) is 3.12. The van der Waals surface area contributed by atoms with Crippen LogP contribution in [0, 0.1) is 11.3 Å². The van der Waals surface area contributed by atoms with E-state index in [9.17, 15) is 10.1 Å². The van der Waals surface area contributed by atoms with Crippen molar-refractivity contribution in [2.24, 2.45) is 0 Å². The lowest BCUT2D eigenvalue weighted by molar-refractivity contribution is -0.115. The van der Waals surface area contributed by atoms with E-state index in [1.165, 1.54) is 28.7 Å². The second-order valence-corrected chi connectivity index (χ2v) is 9.76. The van der Waals surface area contributed by atoms with E-state index in [0.717, 1.165) is 41.5 Å². The predicted molar refractivity (Wildman–Crippen MR) is 110 cm³/mol. The predicted octanol–water partition coefficient (Wildman–Crippen LogP) is 4.30. The first-order chi connectivity index (χ1) is 13.1. The van der Waals surface area contributed by atoms with Gasteiger partial charge >= 0.3 is 0 Å². The van der Waals surface area contributed by atoms with Gasteiger partial charge in [-0.2, -0.15) is 5.26 Å². The molecule has 1 N–H and O–H groups in total. The Bertz CT molecular complexity index is 861. The summed E-state index contributed by atoms with van der Waals surface area (Å²) in [6.45, 7) is 4.01. The van der Waals surface area contributed by atoms with Crippen molar-refractivity contribution in [2.45, 2.75) is 60.6 Å². The summed E-state index contributed by atoms with van der Waals surface area (Å²) in [4.78, 5) is 17.4. The van der Waals surface area contributed by atoms with E-state index in [2.05, 4.69) is 21.6 Å². The number of thioether (sulfide) groups is 2. The highest BCUT2D eigenvalue weighted by atomic mass is 32.2. The number of nitriles is 1. The molecular formula is C18H21N5OS3. The van der Waals surface area contributed by atoms with Crippen LogP contribution in [0.25, 0.3) is 0 Å². The summed E-state index contributed by atoms with van der Waals surface area (Å²) < 4.78 is 0.844. The van der Waals surface area contributed by atoms with Crippen molar-refractivity contribution in [3.05, 3.63) is 22.9 Å². The van der Waals surface area contributed by atoms with Crippen molar-refractivity contribution in [1.29, 1.82) is 5.26 Å². The molecule has 6 nitrogen and oxygen atoms in total. The fourth-order valence-electron chi connectivity index (χ4n) is 2.87. The zero-order valence-corrected chi connectivity index (χ0v) is 17.8. The van der Waals surface area contributed by atoms with Crippen LogP contribution in [0.1, 0.15) is 49.9 Å². The molecule has 1 aliphatic carbocycles. The molecule has 2 heterocycles. The van der Waals surface area contributed by atoms with E-state index in [0.29, 0.717) is 22.1 Å². The minimum atomic E-state index is -0.336. The molecule has 0 radical (unpaired) electrons. The first kappa shape index (κ1) is 20.1. The highest BCUT2D eigenvalue weighted by Crippen LogP contribution is 2.32. The first-order valence-electron chi connectivity index (χ1n) is 9.01. The molecule has 9 heteroatoms. The Morgan fingerprint density at radius 3 is 2.93 bits per heavy atom. The van der Waals surface area contributed by atoms with Crippen LogP contribution in [0.5, 0.6) is 0 Å². The quantitative estimate of drug-likeness (QED) is 0.528. The Labute approximate surface area is 171 Å². The number of pyridine rings is 1. The van der Waals surface area contributed by atoms with Crippen LogP contribution in [-0.4, -0.2) is 32.1 Å². The normalized spacial score (nSPS) is 14.3. The van der Waals surface area contributed by atoms with Gasteiger partial charge in [0.25, 0.3) is 0 Å². The van der Waals surface area contributed by atoms with Gasteiger partial charge in [0, 0.05) is 5.69 Å². The van der Waals surface area contributed by atoms with Gasteiger partial charge in [-0.15, -0.1) is 10.2 Å². The topological polar surface area (TPSA) is 91.6 Å². The Balaban J connectivity index is 1.74. The van der Waals surface area contributed by atoms with Crippen LogP contribution in [0.2, 0.25) is 0 Å². The Morgan fingerprint density at radius 2 is 2.19 bits per heavy atom. The summed E-state index contributed by atoms with van der Waals surface area (Å²) in [5.41, 5.74) is 2.81. The number of carbonyl (C=O) groups excluding carboxylic acids is 1. The Kier molecular flexibility index (Phi) is 7.10. The standard InChI is InChI=1S/C18H21N5OS3/c1-3-14(15(24)21-17-22-23-18(27-17)25-4-2)26-16-12(10-19)9-11-7-5-6-8-13(11)20-16/h9,14H,3-8H2,1-2H3,(H,21,22,24). The SMILES string of the molecule is CCSc1nnc(NC(=O)C(CC)Sc2nc3c(cc2C#N)CCCC3)s1. The van der Waals surface area contributed by atoms with Crippen molar-refractivity contribution in [1.82, 2.24) is 15.2 Å². The van der Waals surface area contributed by atoms with Crippen molar-refractivity contribution in [3.8, 4) is 6.07 Å². The number of fused-ring (bicyclic) bond motifs is 1. The second kappa shape index (κ2) is 9.53. The van der Waals surface area contributed by atoms with Gasteiger partial charge in [-0.25, -0.2) is 4.98 Å². The number of hydrogen-bond acceptors (Lipinski definition) is 8. The molecule has 0 aliphatic heterocycles. The third kappa shape index (κ3) is 5.00. The minimum Gasteiger partial charge on any atom is -0.300 e. The Hall–Kier alpha value is -1.63. The third-order valence-electron chi connectivity index (χ3n) is 4.21. The second-order valence-electron chi connectivity index (χ2n) is 6.08. The molecule has 0 fully saturated rings. The van der Waals surface area contributed by atoms with Gasteiger partial charge in [-0.05, 0) is 49.5 Å². The Morgan fingerprint density at radius 1 is 1.37 bits per heavy atom. The summed E-state index contributed by atoms with van der Waals surface area (Å²) in [6, 6.07) is 4.19. The molecule has 0 saturated carbocycles. The minimum absolute atomic E-state index is 0.130. The maximum Gasteiger partial charge on any atom is 0.239 e. The summed E-state index contributed by atoms with van der Waals surface area (Å²) in [7, 11) is 0. The van der Waals surface area contributed by atoms with E-state index >= 15 is 0 Å². The van der Waals surface area contributed by atoms with Gasteiger partial charge < -0.3 is 0 Å². The smallest absolute Gasteiger partial charge is 0.239 e. The molecule has 0 saturated heterocycles. The number of amides is 1. The number of anilines is 1. The first-order valence-corrected chi connectivity index (χ1v) is 11.7. The maximum atomic E-state index is 12.7.